The van der Waals surface area contributed by atoms with Crippen molar-refractivity contribution in [2.24, 2.45) is 0 Å². The van der Waals surface area contributed by atoms with E-state index in [1.165, 1.54) is 11.1 Å². The summed E-state index contributed by atoms with van der Waals surface area (Å²) in [6.45, 7) is 8.40. The predicted molar refractivity (Wildman–Crippen MR) is 141 cm³/mol. The number of imidazole rings is 1. The van der Waals surface area contributed by atoms with Gasteiger partial charge in [0.1, 0.15) is 11.6 Å². The first-order valence-corrected chi connectivity index (χ1v) is 12.6. The molecule has 2 heterocycles. The number of hydrogen-bond acceptors (Lipinski definition) is 3. The minimum Gasteiger partial charge on any atom is -0.493 e. The number of anilines is 1. The Balaban J connectivity index is 1.36. The molecule has 0 radical (unpaired) electrons. The van der Waals surface area contributed by atoms with Crippen LogP contribution in [-0.2, 0) is 17.8 Å². The number of para-hydroxylation sites is 3. The van der Waals surface area contributed by atoms with Gasteiger partial charge < -0.3 is 14.2 Å². The molecule has 35 heavy (non-hydrogen) atoms. The third-order valence-electron chi connectivity index (χ3n) is 6.96. The summed E-state index contributed by atoms with van der Waals surface area (Å²) in [5.74, 6) is 2.20. The fraction of sp³-hybridized carbons (Fsp3) is 0.333. The van der Waals surface area contributed by atoms with Gasteiger partial charge in [0, 0.05) is 31.1 Å². The summed E-state index contributed by atoms with van der Waals surface area (Å²) < 4.78 is 8.42. The van der Waals surface area contributed by atoms with Gasteiger partial charge in [0.05, 0.1) is 17.6 Å². The van der Waals surface area contributed by atoms with Crippen LogP contribution in [0.2, 0.25) is 0 Å². The van der Waals surface area contributed by atoms with Crippen LogP contribution in [0, 0.1) is 13.8 Å². The van der Waals surface area contributed by atoms with Crippen LogP contribution in [0.5, 0.6) is 5.75 Å². The largest absolute Gasteiger partial charge is 0.493 e. The molecule has 1 saturated heterocycles. The van der Waals surface area contributed by atoms with Crippen molar-refractivity contribution in [3.05, 3.63) is 89.2 Å². The first-order valence-electron chi connectivity index (χ1n) is 12.6. The van der Waals surface area contributed by atoms with E-state index in [0.29, 0.717) is 19.6 Å². The molecule has 1 aliphatic heterocycles. The first-order chi connectivity index (χ1) is 17.0. The second-order valence-corrected chi connectivity index (χ2v) is 9.47. The minimum absolute atomic E-state index is 0.0692. The second-order valence-electron chi connectivity index (χ2n) is 9.47. The maximum Gasteiger partial charge on any atom is 0.227 e. The first kappa shape index (κ1) is 23.2. The van der Waals surface area contributed by atoms with Crippen molar-refractivity contribution in [3.63, 3.8) is 0 Å². The van der Waals surface area contributed by atoms with Crippen molar-refractivity contribution in [1.29, 1.82) is 0 Å². The topological polar surface area (TPSA) is 47.4 Å². The molecule has 1 amide bonds. The molecule has 1 fully saturated rings. The Morgan fingerprint density at radius 2 is 1.83 bits per heavy atom. The Kier molecular flexibility index (Phi) is 6.58. The zero-order chi connectivity index (χ0) is 24.4. The number of hydrogen-bond donors (Lipinski definition) is 0. The molecule has 5 nitrogen and oxygen atoms in total. The van der Waals surface area contributed by atoms with Gasteiger partial charge in [-0.15, -0.1) is 0 Å². The van der Waals surface area contributed by atoms with Crippen molar-refractivity contribution in [3.8, 4) is 5.75 Å². The Labute approximate surface area is 207 Å². The zero-order valence-electron chi connectivity index (χ0n) is 20.8. The van der Waals surface area contributed by atoms with Crippen LogP contribution in [0.25, 0.3) is 11.0 Å². The van der Waals surface area contributed by atoms with Crippen LogP contribution in [-0.4, -0.2) is 28.6 Å². The summed E-state index contributed by atoms with van der Waals surface area (Å²) in [5, 5.41) is 0. The maximum absolute atomic E-state index is 13.1. The van der Waals surface area contributed by atoms with Gasteiger partial charge in [-0.05, 0) is 67.6 Å². The summed E-state index contributed by atoms with van der Waals surface area (Å²) in [5.41, 5.74) is 6.70. The van der Waals surface area contributed by atoms with Crippen LogP contribution in [0.4, 0.5) is 5.69 Å². The Hall–Kier alpha value is -3.60. The smallest absolute Gasteiger partial charge is 0.227 e. The van der Waals surface area contributed by atoms with Gasteiger partial charge in [-0.1, -0.05) is 49.4 Å². The molecule has 4 aromatic rings. The third kappa shape index (κ3) is 4.68. The van der Waals surface area contributed by atoms with Crippen LogP contribution in [0.3, 0.4) is 0 Å². The zero-order valence-corrected chi connectivity index (χ0v) is 20.8. The van der Waals surface area contributed by atoms with Crippen molar-refractivity contribution in [2.45, 2.75) is 52.5 Å². The normalized spacial score (nSPS) is 15.8. The van der Waals surface area contributed by atoms with Crippen LogP contribution >= 0.6 is 0 Å². The monoisotopic (exact) mass is 467 g/mol. The third-order valence-corrected chi connectivity index (χ3v) is 6.96. The van der Waals surface area contributed by atoms with E-state index in [4.69, 9.17) is 9.72 Å². The standard InChI is InChI=1S/C30H33N3O2/c1-4-23-10-5-7-12-26(23)33-20-24(19-29(33)34)30-31-25-11-6-8-13-27(25)32(30)16-9-17-35-28-18-21(2)14-15-22(28)3/h5-8,10-15,18,24H,4,9,16-17,19-20H2,1-3H3/t24-/m1/s1. The van der Waals surface area contributed by atoms with Gasteiger partial charge in [0.2, 0.25) is 5.91 Å². The van der Waals surface area contributed by atoms with Gasteiger partial charge >= 0.3 is 0 Å². The van der Waals surface area contributed by atoms with E-state index < -0.39 is 0 Å². The molecule has 3 aromatic carbocycles. The fourth-order valence-corrected chi connectivity index (χ4v) is 5.09. The molecule has 0 aliphatic carbocycles. The minimum atomic E-state index is 0.0692. The van der Waals surface area contributed by atoms with Gasteiger partial charge in [-0.25, -0.2) is 4.98 Å². The van der Waals surface area contributed by atoms with Crippen LogP contribution < -0.4 is 9.64 Å². The van der Waals surface area contributed by atoms with E-state index >= 15 is 0 Å². The van der Waals surface area contributed by atoms with Gasteiger partial charge in [0.15, 0.2) is 0 Å². The molecule has 0 N–H and O–H groups in total. The van der Waals surface area contributed by atoms with Crippen molar-refractivity contribution in [1.82, 2.24) is 9.55 Å². The average molecular weight is 468 g/mol. The number of nitrogens with zero attached hydrogens (tertiary/aromatic N) is 3. The summed E-state index contributed by atoms with van der Waals surface area (Å²) >= 11 is 0. The molecule has 0 saturated carbocycles. The summed E-state index contributed by atoms with van der Waals surface area (Å²) in [7, 11) is 0. The van der Waals surface area contributed by atoms with Gasteiger partial charge in [-0.2, -0.15) is 0 Å². The molecule has 0 spiro atoms. The average Bonchev–Trinajstić information content (AvgIpc) is 3.44. The highest BCUT2D eigenvalue weighted by molar-refractivity contribution is 5.97. The molecule has 0 bridgehead atoms. The Morgan fingerprint density at radius 3 is 2.69 bits per heavy atom. The molecule has 5 rings (SSSR count). The molecule has 180 valence electrons. The van der Waals surface area contributed by atoms with Crippen molar-refractivity contribution in [2.75, 3.05) is 18.1 Å². The number of fused-ring (bicyclic) bond motifs is 1. The van der Waals surface area contributed by atoms with E-state index in [1.54, 1.807) is 0 Å². The molecule has 1 aromatic heterocycles. The van der Waals surface area contributed by atoms with Gasteiger partial charge in [-0.3, -0.25) is 4.79 Å². The summed E-state index contributed by atoms with van der Waals surface area (Å²) in [6, 6.07) is 22.8. The highest BCUT2D eigenvalue weighted by Crippen LogP contribution is 2.35. The van der Waals surface area contributed by atoms with E-state index in [2.05, 4.69) is 73.9 Å². The lowest BCUT2D eigenvalue weighted by Gasteiger charge is -2.20. The number of rotatable bonds is 8. The summed E-state index contributed by atoms with van der Waals surface area (Å²) in [6.07, 6.45) is 2.26. The highest BCUT2D eigenvalue weighted by atomic mass is 16.5. The number of benzene rings is 3. The fourth-order valence-electron chi connectivity index (χ4n) is 5.09. The predicted octanol–water partition coefficient (Wildman–Crippen LogP) is 6.21. The van der Waals surface area contributed by atoms with E-state index in [0.717, 1.165) is 53.2 Å². The van der Waals surface area contributed by atoms with E-state index in [-0.39, 0.29) is 11.8 Å². The van der Waals surface area contributed by atoms with E-state index in [1.807, 2.05) is 23.1 Å². The van der Waals surface area contributed by atoms with Crippen molar-refractivity contribution < 1.29 is 9.53 Å². The lowest BCUT2D eigenvalue weighted by Crippen LogP contribution is -2.25. The number of aromatic nitrogens is 2. The lowest BCUT2D eigenvalue weighted by atomic mass is 10.1. The molecule has 5 heteroatoms. The number of carbonyl (C=O) groups is 1. The number of carbonyl (C=O) groups excluding carboxylic acids is 1. The van der Waals surface area contributed by atoms with Crippen LogP contribution in [0.1, 0.15) is 48.2 Å². The molecule has 1 aliphatic rings. The van der Waals surface area contributed by atoms with Gasteiger partial charge in [0.25, 0.3) is 0 Å². The quantitative estimate of drug-likeness (QED) is 0.290. The Bertz CT molecular complexity index is 1360. The Morgan fingerprint density at radius 1 is 1.03 bits per heavy atom. The van der Waals surface area contributed by atoms with Crippen LogP contribution in [0.15, 0.2) is 66.7 Å². The summed E-state index contributed by atoms with van der Waals surface area (Å²) in [4.78, 5) is 20.1. The number of amides is 1. The second kappa shape index (κ2) is 9.95. The molecule has 0 unspecified atom stereocenters. The highest BCUT2D eigenvalue weighted by Gasteiger charge is 2.35. The van der Waals surface area contributed by atoms with E-state index in [9.17, 15) is 4.79 Å². The number of ether oxygens (including phenoxy) is 1. The maximum atomic E-state index is 13.1. The van der Waals surface area contributed by atoms with Crippen molar-refractivity contribution >= 4 is 22.6 Å². The number of aryl methyl sites for hydroxylation is 4. The molecular formula is C30H33N3O2. The SMILES string of the molecule is CCc1ccccc1N1C[C@H](c2nc3ccccc3n2CCCOc2cc(C)ccc2C)CC1=O. The lowest BCUT2D eigenvalue weighted by molar-refractivity contribution is -0.117. The molecular weight excluding hydrogens is 434 g/mol. The molecule has 1 atom stereocenters.